The number of hydrogen-bond acceptors (Lipinski definition) is 3. The summed E-state index contributed by atoms with van der Waals surface area (Å²) >= 11 is 5.62. The van der Waals surface area contributed by atoms with E-state index in [1.165, 1.54) is 36.8 Å². The first-order valence-electron chi connectivity index (χ1n) is 6.52. The maximum absolute atomic E-state index is 3.71. The average Bonchev–Trinajstić information content (AvgIpc) is 3.09. The lowest BCUT2D eigenvalue weighted by molar-refractivity contribution is 0.162. The number of thiophene rings is 1. The summed E-state index contributed by atoms with van der Waals surface area (Å²) in [5.74, 6) is 0.990. The third kappa shape index (κ3) is 4.58. The van der Waals surface area contributed by atoms with Gasteiger partial charge in [-0.2, -0.15) is 0 Å². The van der Waals surface area contributed by atoms with Gasteiger partial charge in [-0.25, -0.2) is 0 Å². The first-order chi connectivity index (χ1) is 8.34. The molecule has 1 aromatic heterocycles. The molecule has 3 rings (SSSR count). The molecule has 1 atom stereocenters. The van der Waals surface area contributed by atoms with Crippen molar-refractivity contribution in [3.05, 3.63) is 20.8 Å². The first kappa shape index (κ1) is 17.7. The van der Waals surface area contributed by atoms with Crippen molar-refractivity contribution in [2.24, 2.45) is 5.92 Å². The summed E-state index contributed by atoms with van der Waals surface area (Å²) < 4.78 is 1.31. The monoisotopic (exact) mass is 386 g/mol. The number of piperazine rings is 1. The first-order valence-corrected chi connectivity index (χ1v) is 8.19. The molecule has 6 heteroatoms. The Labute approximate surface area is 140 Å². The zero-order valence-corrected chi connectivity index (χ0v) is 14.8. The normalized spacial score (nSPS) is 21.3. The maximum atomic E-state index is 3.71. The molecule has 0 amide bonds. The second kappa shape index (κ2) is 8.20. The van der Waals surface area contributed by atoms with Crippen molar-refractivity contribution in [2.75, 3.05) is 26.2 Å². The zero-order chi connectivity index (χ0) is 11.7. The molecule has 1 aromatic rings. The van der Waals surface area contributed by atoms with Crippen molar-refractivity contribution in [2.45, 2.75) is 25.3 Å². The van der Waals surface area contributed by atoms with Gasteiger partial charge in [-0.1, -0.05) is 12.8 Å². The van der Waals surface area contributed by atoms with Gasteiger partial charge in [0.2, 0.25) is 0 Å². The van der Waals surface area contributed by atoms with Gasteiger partial charge in [0.05, 0.1) is 0 Å². The number of halogens is 3. The molecule has 0 aromatic carbocycles. The van der Waals surface area contributed by atoms with Crippen molar-refractivity contribution in [1.82, 2.24) is 10.2 Å². The fourth-order valence-electron chi connectivity index (χ4n) is 2.63. The Bertz CT molecular complexity index is 378. The molecule has 1 aliphatic carbocycles. The summed E-state index contributed by atoms with van der Waals surface area (Å²) in [6.45, 7) is 4.68. The molecule has 2 fully saturated rings. The molecule has 19 heavy (non-hydrogen) atoms. The van der Waals surface area contributed by atoms with E-state index in [-0.39, 0.29) is 24.8 Å². The predicted octanol–water partition coefficient (Wildman–Crippen LogP) is 4.10. The highest BCUT2D eigenvalue weighted by atomic mass is 79.9. The van der Waals surface area contributed by atoms with Crippen LogP contribution in [-0.4, -0.2) is 31.1 Å². The predicted molar refractivity (Wildman–Crippen MR) is 91.0 cm³/mol. The minimum atomic E-state index is 0. The summed E-state index contributed by atoms with van der Waals surface area (Å²) in [5.41, 5.74) is 0. The van der Waals surface area contributed by atoms with E-state index < -0.39 is 0 Å². The molecule has 1 aliphatic heterocycles. The summed E-state index contributed by atoms with van der Waals surface area (Å²) in [6, 6.07) is 2.85. The van der Waals surface area contributed by atoms with Crippen molar-refractivity contribution in [3.63, 3.8) is 0 Å². The van der Waals surface area contributed by atoms with Gasteiger partial charge in [0.15, 0.2) is 0 Å². The van der Waals surface area contributed by atoms with E-state index >= 15 is 0 Å². The van der Waals surface area contributed by atoms with Gasteiger partial charge >= 0.3 is 0 Å². The van der Waals surface area contributed by atoms with E-state index in [0.717, 1.165) is 19.0 Å². The maximum Gasteiger partial charge on any atom is 0.0456 e. The highest BCUT2D eigenvalue weighted by Crippen LogP contribution is 2.43. The number of rotatable bonds is 4. The Kier molecular flexibility index (Phi) is 7.65. The van der Waals surface area contributed by atoms with E-state index in [1.54, 1.807) is 4.88 Å². The molecule has 1 saturated heterocycles. The minimum absolute atomic E-state index is 0. The van der Waals surface area contributed by atoms with Crippen molar-refractivity contribution >= 4 is 52.1 Å². The average molecular weight is 388 g/mol. The highest BCUT2D eigenvalue weighted by Gasteiger charge is 2.31. The van der Waals surface area contributed by atoms with Crippen LogP contribution in [-0.2, 0) is 0 Å². The second-order valence-electron chi connectivity index (χ2n) is 5.11. The molecule has 0 radical (unpaired) electrons. The summed E-state index contributed by atoms with van der Waals surface area (Å²) in [5, 5.41) is 5.66. The van der Waals surface area contributed by atoms with Crippen LogP contribution in [0.15, 0.2) is 15.9 Å². The van der Waals surface area contributed by atoms with Crippen LogP contribution in [0.2, 0.25) is 0 Å². The van der Waals surface area contributed by atoms with Crippen molar-refractivity contribution in [1.29, 1.82) is 0 Å². The van der Waals surface area contributed by atoms with Crippen molar-refractivity contribution in [3.8, 4) is 0 Å². The number of nitrogens with one attached hydrogen (secondary N) is 1. The van der Waals surface area contributed by atoms with E-state index in [0.29, 0.717) is 6.04 Å². The standard InChI is InChI=1S/C13H19BrN2S.2ClH/c14-11-3-8-17-13(11)12(9-10-1-2-10)16-6-4-15-5-7-16;;/h3,8,10,12,15H,1-2,4-7,9H2;2*1H/t12-;;/m0../s1. The van der Waals surface area contributed by atoms with Crippen molar-refractivity contribution < 1.29 is 0 Å². The Hall–Kier alpha value is 0.680. The van der Waals surface area contributed by atoms with Gasteiger partial charge in [-0.3, -0.25) is 4.90 Å². The molecule has 2 nitrogen and oxygen atoms in total. The molecular weight excluding hydrogens is 367 g/mol. The third-order valence-electron chi connectivity index (χ3n) is 3.79. The van der Waals surface area contributed by atoms with Gasteiger partial charge in [0.1, 0.15) is 0 Å². The van der Waals surface area contributed by atoms with Crippen LogP contribution in [0, 0.1) is 5.92 Å². The van der Waals surface area contributed by atoms with E-state index in [2.05, 4.69) is 37.6 Å². The summed E-state index contributed by atoms with van der Waals surface area (Å²) in [7, 11) is 0. The van der Waals surface area contributed by atoms with E-state index in [9.17, 15) is 0 Å². The zero-order valence-electron chi connectivity index (χ0n) is 10.8. The molecule has 2 aliphatic rings. The van der Waals surface area contributed by atoms with Crippen LogP contribution in [0.3, 0.4) is 0 Å². The molecular formula is C13H21BrCl2N2S. The number of nitrogens with zero attached hydrogens (tertiary/aromatic N) is 1. The lowest BCUT2D eigenvalue weighted by atomic mass is 10.1. The molecule has 0 spiro atoms. The summed E-state index contributed by atoms with van der Waals surface area (Å²) in [4.78, 5) is 4.21. The van der Waals surface area contributed by atoms with E-state index in [1.807, 2.05) is 11.3 Å². The quantitative estimate of drug-likeness (QED) is 0.836. The van der Waals surface area contributed by atoms with Crippen LogP contribution in [0.1, 0.15) is 30.2 Å². The van der Waals surface area contributed by atoms with Crippen LogP contribution in [0.4, 0.5) is 0 Å². The SMILES string of the molecule is Brc1ccsc1[C@H](CC1CC1)N1CCNCC1.Cl.Cl. The molecule has 110 valence electrons. The second-order valence-corrected chi connectivity index (χ2v) is 6.92. The fourth-order valence-corrected chi connectivity index (χ4v) is 4.41. The Balaban J connectivity index is 0.000000902. The van der Waals surface area contributed by atoms with E-state index in [4.69, 9.17) is 0 Å². The highest BCUT2D eigenvalue weighted by molar-refractivity contribution is 9.10. The Morgan fingerprint density at radius 3 is 2.53 bits per heavy atom. The lowest BCUT2D eigenvalue weighted by Gasteiger charge is -2.35. The fraction of sp³-hybridized carbons (Fsp3) is 0.692. The van der Waals surface area contributed by atoms with Gasteiger partial charge in [0.25, 0.3) is 0 Å². The van der Waals surface area contributed by atoms with Gasteiger partial charge in [0, 0.05) is 41.6 Å². The molecule has 0 bridgehead atoms. The Morgan fingerprint density at radius 1 is 1.32 bits per heavy atom. The van der Waals surface area contributed by atoms with Crippen LogP contribution >= 0.6 is 52.1 Å². The molecule has 0 unspecified atom stereocenters. The largest absolute Gasteiger partial charge is 0.314 e. The van der Waals surface area contributed by atoms with Gasteiger partial charge in [-0.15, -0.1) is 36.2 Å². The Morgan fingerprint density at radius 2 is 2.00 bits per heavy atom. The molecule has 1 N–H and O–H groups in total. The third-order valence-corrected chi connectivity index (χ3v) is 5.77. The summed E-state index contributed by atoms with van der Waals surface area (Å²) in [6.07, 6.45) is 4.26. The minimum Gasteiger partial charge on any atom is -0.314 e. The smallest absolute Gasteiger partial charge is 0.0456 e. The van der Waals surface area contributed by atoms with Gasteiger partial charge < -0.3 is 5.32 Å². The van der Waals surface area contributed by atoms with Crippen LogP contribution in [0.5, 0.6) is 0 Å². The van der Waals surface area contributed by atoms with Gasteiger partial charge in [-0.05, 0) is 39.7 Å². The lowest BCUT2D eigenvalue weighted by Crippen LogP contribution is -2.45. The topological polar surface area (TPSA) is 15.3 Å². The number of hydrogen-bond donors (Lipinski definition) is 1. The van der Waals surface area contributed by atoms with Crippen LogP contribution < -0.4 is 5.32 Å². The van der Waals surface area contributed by atoms with Crippen LogP contribution in [0.25, 0.3) is 0 Å². The molecule has 2 heterocycles. The molecule has 1 saturated carbocycles.